The van der Waals surface area contributed by atoms with E-state index in [2.05, 4.69) is 10.3 Å². The van der Waals surface area contributed by atoms with Gasteiger partial charge in [0.2, 0.25) is 0 Å². The Morgan fingerprint density at radius 3 is 2.57 bits per heavy atom. The number of nitrogens with zero attached hydrogens (tertiary/aromatic N) is 1. The summed E-state index contributed by atoms with van der Waals surface area (Å²) in [7, 11) is 1.36. The van der Waals surface area contributed by atoms with Gasteiger partial charge in [-0.25, -0.2) is 17.8 Å². The Balaban J connectivity index is 2.28. The molecule has 2 rings (SSSR count). The summed E-state index contributed by atoms with van der Waals surface area (Å²) in [5.74, 6) is -0.940. The number of hydrogen-bond acceptors (Lipinski definition) is 5. The molecule has 1 amide bonds. The Morgan fingerprint density at radius 1 is 1.38 bits per heavy atom. The van der Waals surface area contributed by atoms with Crippen molar-refractivity contribution in [3.8, 4) is 0 Å². The normalized spacial score (nSPS) is 11.4. The highest BCUT2D eigenvalue weighted by Crippen LogP contribution is 2.30. The number of aryl methyl sites for hydroxylation is 2. The minimum Gasteiger partial charge on any atom is -0.298 e. The number of nitrogens with one attached hydrogen (secondary N) is 1. The highest BCUT2D eigenvalue weighted by Gasteiger charge is 2.20. The fourth-order valence-corrected chi connectivity index (χ4v) is 4.06. The molecule has 0 saturated carbocycles. The monoisotopic (exact) mass is 348 g/mol. The van der Waals surface area contributed by atoms with Crippen LogP contribution in [0.1, 0.15) is 21.6 Å². The van der Waals surface area contributed by atoms with Gasteiger partial charge in [0.15, 0.2) is 9.34 Å². The molecule has 0 fully saturated rings. The van der Waals surface area contributed by atoms with Gasteiger partial charge in [0.1, 0.15) is 5.82 Å². The highest BCUT2D eigenvalue weighted by atomic mass is 35.7. The minimum absolute atomic E-state index is 0.112. The molecule has 0 atom stereocenters. The number of carbonyl (C=O) groups excluding carboxylic acids is 1. The van der Waals surface area contributed by atoms with E-state index < -0.39 is 20.8 Å². The smallest absolute Gasteiger partial charge is 0.272 e. The first-order valence-corrected chi connectivity index (χ1v) is 8.80. The lowest BCUT2D eigenvalue weighted by atomic mass is 10.1. The molecule has 0 aliphatic rings. The minimum atomic E-state index is -3.90. The first-order chi connectivity index (χ1) is 9.68. The number of aromatic nitrogens is 1. The second-order valence-corrected chi connectivity index (χ2v) is 8.00. The molecule has 112 valence electrons. The van der Waals surface area contributed by atoms with Crippen LogP contribution in [0.5, 0.6) is 0 Å². The molecule has 1 aromatic carbocycles. The van der Waals surface area contributed by atoms with Crippen LogP contribution < -0.4 is 5.32 Å². The molecule has 2 aromatic rings. The Bertz CT molecular complexity index is 818. The lowest BCUT2D eigenvalue weighted by Crippen LogP contribution is -2.13. The van der Waals surface area contributed by atoms with Crippen molar-refractivity contribution in [2.45, 2.75) is 18.1 Å². The van der Waals surface area contributed by atoms with Crippen LogP contribution in [-0.2, 0) is 9.05 Å². The average molecular weight is 349 g/mol. The summed E-state index contributed by atoms with van der Waals surface area (Å²) in [5.41, 5.74) is 0.951. The van der Waals surface area contributed by atoms with E-state index in [0.29, 0.717) is 5.56 Å². The van der Waals surface area contributed by atoms with Gasteiger partial charge in [0.25, 0.3) is 15.0 Å². The standard InChI is InChI=1S/C12H10ClFN2O3S2/c1-6-5-8(14)3-4-9(6)10(17)16-12-15-7(2)11(20-12)21(13,18)19/h3-5H,1-2H3,(H,15,16,17). The van der Waals surface area contributed by atoms with E-state index in [1.54, 1.807) is 6.92 Å². The largest absolute Gasteiger partial charge is 0.298 e. The first-order valence-electron chi connectivity index (χ1n) is 5.68. The number of amides is 1. The summed E-state index contributed by atoms with van der Waals surface area (Å²) in [5, 5.41) is 2.59. The van der Waals surface area contributed by atoms with Gasteiger partial charge in [-0.2, -0.15) is 0 Å². The Labute approximate surface area is 129 Å². The SMILES string of the molecule is Cc1cc(F)ccc1C(=O)Nc1nc(C)c(S(=O)(=O)Cl)s1. The molecule has 0 spiro atoms. The van der Waals surface area contributed by atoms with Crippen molar-refractivity contribution in [3.05, 3.63) is 40.8 Å². The van der Waals surface area contributed by atoms with Gasteiger partial charge in [0.05, 0.1) is 5.69 Å². The predicted octanol–water partition coefficient (Wildman–Crippen LogP) is 3.08. The second-order valence-electron chi connectivity index (χ2n) is 4.24. The lowest BCUT2D eigenvalue weighted by molar-refractivity contribution is 0.102. The summed E-state index contributed by atoms with van der Waals surface area (Å²) < 4.78 is 35.5. The van der Waals surface area contributed by atoms with Crippen LogP contribution in [-0.4, -0.2) is 19.3 Å². The van der Waals surface area contributed by atoms with Gasteiger partial charge in [-0.3, -0.25) is 10.1 Å². The lowest BCUT2D eigenvalue weighted by Gasteiger charge is -2.05. The third-order valence-corrected chi connectivity index (χ3v) is 5.88. The maximum absolute atomic E-state index is 13.0. The molecule has 9 heteroatoms. The van der Waals surface area contributed by atoms with Crippen molar-refractivity contribution in [3.63, 3.8) is 0 Å². The number of anilines is 1. The predicted molar refractivity (Wildman–Crippen MR) is 79.0 cm³/mol. The average Bonchev–Trinajstić information content (AvgIpc) is 2.69. The third kappa shape index (κ3) is 3.58. The Hall–Kier alpha value is -1.51. The molecule has 0 saturated heterocycles. The summed E-state index contributed by atoms with van der Waals surface area (Å²) >= 11 is 0.761. The van der Waals surface area contributed by atoms with Crippen molar-refractivity contribution in [1.29, 1.82) is 0 Å². The molecular weight excluding hydrogens is 339 g/mol. The molecular formula is C12H10ClFN2O3S2. The second kappa shape index (κ2) is 5.70. The fourth-order valence-electron chi connectivity index (χ4n) is 1.71. The number of benzene rings is 1. The third-order valence-electron chi connectivity index (χ3n) is 2.63. The highest BCUT2D eigenvalue weighted by molar-refractivity contribution is 8.15. The quantitative estimate of drug-likeness (QED) is 0.865. The van der Waals surface area contributed by atoms with Crippen LogP contribution in [0.2, 0.25) is 0 Å². The molecule has 1 N–H and O–H groups in total. The van der Waals surface area contributed by atoms with Crippen LogP contribution in [0, 0.1) is 19.7 Å². The van der Waals surface area contributed by atoms with Crippen LogP contribution in [0.25, 0.3) is 0 Å². The number of hydrogen-bond donors (Lipinski definition) is 1. The van der Waals surface area contributed by atoms with E-state index in [9.17, 15) is 17.6 Å². The summed E-state index contributed by atoms with van der Waals surface area (Å²) in [4.78, 5) is 16.0. The van der Waals surface area contributed by atoms with E-state index in [1.165, 1.54) is 25.1 Å². The van der Waals surface area contributed by atoms with Crippen LogP contribution in [0.15, 0.2) is 22.4 Å². The first kappa shape index (κ1) is 15.9. The summed E-state index contributed by atoms with van der Waals surface area (Å²) in [6.07, 6.45) is 0. The maximum Gasteiger partial charge on any atom is 0.272 e. The van der Waals surface area contributed by atoms with E-state index in [4.69, 9.17) is 10.7 Å². The van der Waals surface area contributed by atoms with Gasteiger partial charge in [-0.1, -0.05) is 11.3 Å². The number of carbonyl (C=O) groups is 1. The van der Waals surface area contributed by atoms with Gasteiger partial charge in [-0.15, -0.1) is 0 Å². The molecule has 1 heterocycles. The number of rotatable bonds is 3. The van der Waals surface area contributed by atoms with E-state index in [-0.39, 0.29) is 20.6 Å². The van der Waals surface area contributed by atoms with E-state index in [0.717, 1.165) is 11.3 Å². The molecule has 5 nitrogen and oxygen atoms in total. The topological polar surface area (TPSA) is 76.1 Å². The van der Waals surface area contributed by atoms with Crippen LogP contribution in [0.3, 0.4) is 0 Å². The van der Waals surface area contributed by atoms with Gasteiger partial charge in [0, 0.05) is 16.2 Å². The zero-order chi connectivity index (χ0) is 15.8. The number of halogens is 2. The summed E-state index contributed by atoms with van der Waals surface area (Å²) in [6, 6.07) is 3.75. The molecule has 0 unspecified atom stereocenters. The zero-order valence-corrected chi connectivity index (χ0v) is 13.4. The van der Waals surface area contributed by atoms with Crippen molar-refractivity contribution >= 4 is 42.1 Å². The van der Waals surface area contributed by atoms with Crippen molar-refractivity contribution in [2.75, 3.05) is 5.32 Å². The van der Waals surface area contributed by atoms with Gasteiger partial charge in [-0.05, 0) is 37.6 Å². The maximum atomic E-state index is 13.0. The van der Waals surface area contributed by atoms with Crippen LogP contribution in [0.4, 0.5) is 9.52 Å². The zero-order valence-electron chi connectivity index (χ0n) is 11.0. The summed E-state index contributed by atoms with van der Waals surface area (Å²) in [6.45, 7) is 3.07. The molecule has 1 aromatic heterocycles. The molecule has 0 bridgehead atoms. The van der Waals surface area contributed by atoms with Crippen molar-refractivity contribution in [1.82, 2.24) is 4.98 Å². The van der Waals surface area contributed by atoms with Crippen molar-refractivity contribution < 1.29 is 17.6 Å². The fraction of sp³-hybridized carbons (Fsp3) is 0.167. The van der Waals surface area contributed by atoms with Crippen LogP contribution >= 0.6 is 22.0 Å². The molecule has 0 aliphatic heterocycles. The Morgan fingerprint density at radius 2 is 2.05 bits per heavy atom. The number of thiazole rings is 1. The Kier molecular flexibility index (Phi) is 4.31. The van der Waals surface area contributed by atoms with E-state index in [1.807, 2.05) is 0 Å². The van der Waals surface area contributed by atoms with Gasteiger partial charge < -0.3 is 0 Å². The van der Waals surface area contributed by atoms with E-state index >= 15 is 0 Å². The molecule has 0 radical (unpaired) electrons. The molecule has 21 heavy (non-hydrogen) atoms. The van der Waals surface area contributed by atoms with Crippen molar-refractivity contribution in [2.24, 2.45) is 0 Å². The van der Waals surface area contributed by atoms with Gasteiger partial charge >= 0.3 is 0 Å². The molecule has 0 aliphatic carbocycles.